The van der Waals surface area contributed by atoms with E-state index in [1.165, 1.54) is 5.56 Å². The summed E-state index contributed by atoms with van der Waals surface area (Å²) < 4.78 is 17.7. The lowest BCUT2D eigenvalue weighted by molar-refractivity contribution is -0.0817. The largest absolute Gasteiger partial charge is 0.439 e. The number of ether oxygens (including phenoxy) is 2. The Bertz CT molecular complexity index is 818. The molecule has 2 aliphatic heterocycles. The van der Waals surface area contributed by atoms with Crippen LogP contribution in [0.3, 0.4) is 0 Å². The van der Waals surface area contributed by atoms with Gasteiger partial charge >= 0.3 is 0 Å². The zero-order valence-corrected chi connectivity index (χ0v) is 20.0. The first-order valence-corrected chi connectivity index (χ1v) is 10.5. The van der Waals surface area contributed by atoms with Crippen molar-refractivity contribution >= 4 is 29.9 Å². The van der Waals surface area contributed by atoms with E-state index in [-0.39, 0.29) is 36.2 Å². The van der Waals surface area contributed by atoms with E-state index in [1.807, 2.05) is 12.1 Å². The van der Waals surface area contributed by atoms with E-state index in [0.717, 1.165) is 56.4 Å². The Labute approximate surface area is 195 Å². The molecule has 3 heterocycles. The summed E-state index contributed by atoms with van der Waals surface area (Å²) in [5, 5.41) is 3.39. The molecule has 1 aromatic heterocycles. The molecule has 164 valence electrons. The van der Waals surface area contributed by atoms with Crippen LogP contribution in [0.1, 0.15) is 31.2 Å². The lowest BCUT2D eigenvalue weighted by Crippen LogP contribution is -2.53. The molecule has 0 aliphatic carbocycles. The second-order valence-electron chi connectivity index (χ2n) is 7.56. The molecule has 4 rings (SSSR count). The van der Waals surface area contributed by atoms with Crippen LogP contribution in [0.25, 0.3) is 11.3 Å². The van der Waals surface area contributed by atoms with E-state index in [9.17, 15) is 0 Å². The summed E-state index contributed by atoms with van der Waals surface area (Å²) in [5.74, 6) is 2.25. The fourth-order valence-corrected chi connectivity index (χ4v) is 3.79. The summed E-state index contributed by atoms with van der Waals surface area (Å²) in [6.45, 7) is 8.48. The van der Waals surface area contributed by atoms with E-state index >= 15 is 0 Å². The molecule has 7 nitrogen and oxygen atoms in total. The number of aliphatic imine (C=N–C) groups is 1. The van der Waals surface area contributed by atoms with Gasteiger partial charge in [0.05, 0.1) is 18.9 Å². The lowest BCUT2D eigenvalue weighted by Gasteiger charge is -2.37. The van der Waals surface area contributed by atoms with E-state index in [2.05, 4.69) is 41.2 Å². The maximum atomic E-state index is 5.96. The van der Waals surface area contributed by atoms with Gasteiger partial charge in [0.25, 0.3) is 0 Å². The van der Waals surface area contributed by atoms with Gasteiger partial charge in [-0.25, -0.2) is 9.98 Å². The third kappa shape index (κ3) is 5.73. The molecule has 2 saturated heterocycles. The maximum absolute atomic E-state index is 5.96. The average molecular weight is 526 g/mol. The van der Waals surface area contributed by atoms with Crippen LogP contribution in [-0.4, -0.2) is 60.9 Å². The van der Waals surface area contributed by atoms with Crippen molar-refractivity contribution in [2.24, 2.45) is 4.99 Å². The van der Waals surface area contributed by atoms with Crippen molar-refractivity contribution in [3.8, 4) is 11.3 Å². The molecule has 2 unspecified atom stereocenters. The molecule has 0 spiro atoms. The summed E-state index contributed by atoms with van der Waals surface area (Å²) >= 11 is 0. The first kappa shape index (κ1) is 23.0. The van der Waals surface area contributed by atoms with Crippen LogP contribution in [0.4, 0.5) is 0 Å². The SMILES string of the molecule is CCNC(=NCc1ncc(-c2ccc(C)cc2)o1)N1CCOC(C2CCCO2)C1.I. The summed E-state index contributed by atoms with van der Waals surface area (Å²) in [7, 11) is 0. The Morgan fingerprint density at radius 1 is 1.20 bits per heavy atom. The predicted octanol–water partition coefficient (Wildman–Crippen LogP) is 3.61. The van der Waals surface area contributed by atoms with Gasteiger partial charge in [-0.15, -0.1) is 24.0 Å². The van der Waals surface area contributed by atoms with Crippen LogP contribution >= 0.6 is 24.0 Å². The van der Waals surface area contributed by atoms with E-state index in [4.69, 9.17) is 18.9 Å². The zero-order chi connectivity index (χ0) is 20.1. The van der Waals surface area contributed by atoms with Gasteiger partial charge in [-0.3, -0.25) is 0 Å². The fraction of sp³-hybridized carbons (Fsp3) is 0.545. The quantitative estimate of drug-likeness (QED) is 0.365. The van der Waals surface area contributed by atoms with Gasteiger partial charge in [-0.05, 0) is 26.7 Å². The highest BCUT2D eigenvalue weighted by Crippen LogP contribution is 2.22. The van der Waals surface area contributed by atoms with Crippen molar-refractivity contribution in [1.29, 1.82) is 0 Å². The molecular weight excluding hydrogens is 495 g/mol. The first-order chi connectivity index (χ1) is 14.2. The van der Waals surface area contributed by atoms with Crippen LogP contribution in [-0.2, 0) is 16.0 Å². The minimum Gasteiger partial charge on any atom is -0.439 e. The molecule has 2 atom stereocenters. The highest BCUT2D eigenvalue weighted by molar-refractivity contribution is 14.0. The molecule has 1 N–H and O–H groups in total. The summed E-state index contributed by atoms with van der Waals surface area (Å²) in [4.78, 5) is 11.4. The van der Waals surface area contributed by atoms with Gasteiger partial charge in [0.15, 0.2) is 11.7 Å². The van der Waals surface area contributed by atoms with Crippen LogP contribution in [0, 0.1) is 6.92 Å². The number of nitrogens with zero attached hydrogens (tertiary/aromatic N) is 3. The summed E-state index contributed by atoms with van der Waals surface area (Å²) in [6.07, 6.45) is 4.26. The van der Waals surface area contributed by atoms with E-state index in [0.29, 0.717) is 19.0 Å². The van der Waals surface area contributed by atoms with Gasteiger partial charge in [-0.2, -0.15) is 0 Å². The molecule has 0 amide bonds. The third-order valence-electron chi connectivity index (χ3n) is 5.36. The topological polar surface area (TPSA) is 72.1 Å². The van der Waals surface area contributed by atoms with E-state index in [1.54, 1.807) is 6.20 Å². The Morgan fingerprint density at radius 3 is 2.73 bits per heavy atom. The lowest BCUT2D eigenvalue weighted by atomic mass is 10.1. The number of halogens is 1. The Morgan fingerprint density at radius 2 is 2.00 bits per heavy atom. The van der Waals surface area contributed by atoms with Crippen LogP contribution in [0.5, 0.6) is 0 Å². The van der Waals surface area contributed by atoms with Crippen LogP contribution in [0.2, 0.25) is 0 Å². The van der Waals surface area contributed by atoms with Crippen molar-refractivity contribution in [1.82, 2.24) is 15.2 Å². The van der Waals surface area contributed by atoms with Gasteiger partial charge in [0.1, 0.15) is 12.6 Å². The summed E-state index contributed by atoms with van der Waals surface area (Å²) in [6, 6.07) is 8.24. The molecule has 2 aliphatic rings. The van der Waals surface area contributed by atoms with Crippen molar-refractivity contribution in [3.05, 3.63) is 41.9 Å². The monoisotopic (exact) mass is 526 g/mol. The van der Waals surface area contributed by atoms with Gasteiger partial charge in [0.2, 0.25) is 5.89 Å². The minimum atomic E-state index is 0. The van der Waals surface area contributed by atoms with Gasteiger partial charge in [-0.1, -0.05) is 29.8 Å². The van der Waals surface area contributed by atoms with Crippen molar-refractivity contribution in [2.75, 3.05) is 32.8 Å². The van der Waals surface area contributed by atoms with Gasteiger partial charge in [0, 0.05) is 31.8 Å². The molecule has 2 fully saturated rings. The van der Waals surface area contributed by atoms with Crippen LogP contribution < -0.4 is 5.32 Å². The number of aryl methyl sites for hydroxylation is 1. The number of rotatable bonds is 5. The fourth-order valence-electron chi connectivity index (χ4n) is 3.79. The number of nitrogens with one attached hydrogen (secondary N) is 1. The number of hydrogen-bond donors (Lipinski definition) is 1. The number of guanidine groups is 1. The number of morpholine rings is 1. The third-order valence-corrected chi connectivity index (χ3v) is 5.36. The van der Waals surface area contributed by atoms with E-state index < -0.39 is 0 Å². The molecule has 1 aromatic carbocycles. The predicted molar refractivity (Wildman–Crippen MR) is 127 cm³/mol. The number of oxazole rings is 1. The second kappa shape index (κ2) is 11.1. The maximum Gasteiger partial charge on any atom is 0.216 e. The molecule has 0 saturated carbocycles. The first-order valence-electron chi connectivity index (χ1n) is 10.5. The smallest absolute Gasteiger partial charge is 0.216 e. The Balaban J connectivity index is 0.00000256. The number of hydrogen-bond acceptors (Lipinski definition) is 5. The second-order valence-corrected chi connectivity index (χ2v) is 7.56. The molecule has 0 radical (unpaired) electrons. The highest BCUT2D eigenvalue weighted by atomic mass is 127. The van der Waals surface area contributed by atoms with Crippen molar-refractivity contribution < 1.29 is 13.9 Å². The van der Waals surface area contributed by atoms with Gasteiger partial charge < -0.3 is 24.1 Å². The normalized spacial score (nSPS) is 22.1. The molecule has 2 aromatic rings. The number of aromatic nitrogens is 1. The minimum absolute atomic E-state index is 0. The highest BCUT2D eigenvalue weighted by Gasteiger charge is 2.32. The van der Waals surface area contributed by atoms with Crippen LogP contribution in [0.15, 0.2) is 39.9 Å². The van der Waals surface area contributed by atoms with Crippen molar-refractivity contribution in [2.45, 2.75) is 45.4 Å². The molecule has 0 bridgehead atoms. The summed E-state index contributed by atoms with van der Waals surface area (Å²) in [5.41, 5.74) is 2.25. The Kier molecular flexibility index (Phi) is 8.52. The Hall–Kier alpha value is -1.65. The molecule has 8 heteroatoms. The molecular formula is C22H31IN4O3. The molecule has 30 heavy (non-hydrogen) atoms. The zero-order valence-electron chi connectivity index (χ0n) is 17.7. The number of benzene rings is 1. The average Bonchev–Trinajstić information content (AvgIpc) is 3.44. The van der Waals surface area contributed by atoms with Crippen molar-refractivity contribution in [3.63, 3.8) is 0 Å². The standard InChI is InChI=1S/C22H30N4O3.HI/c1-3-23-22(26-10-12-28-20(15-26)18-5-4-11-27-18)25-14-21-24-13-19(29-21)17-8-6-16(2)7-9-17;/h6-9,13,18,20H,3-5,10-12,14-15H2,1-2H3,(H,23,25);1H.